The Morgan fingerprint density at radius 3 is 2.62 bits per heavy atom. The third-order valence-corrected chi connectivity index (χ3v) is 3.44. The van der Waals surface area contributed by atoms with Crippen molar-refractivity contribution in [1.29, 1.82) is 0 Å². The van der Waals surface area contributed by atoms with Crippen molar-refractivity contribution in [3.8, 4) is 5.75 Å². The van der Waals surface area contributed by atoms with E-state index in [-0.39, 0.29) is 17.9 Å². The molecule has 1 aromatic carbocycles. The quantitative estimate of drug-likeness (QED) is 0.686. The molecule has 1 aromatic rings. The highest BCUT2D eigenvalue weighted by molar-refractivity contribution is 5.49. The standard InChI is InChI=1S/C13H15F3N2O3/c14-13(15,16)8-4-5-12(11(6-8)18(19)20)21-10-3-1-2-9(17)7-10/h4-6,9-10H,1-3,7,17H2. The minimum Gasteiger partial charge on any atom is -0.483 e. The van der Waals surface area contributed by atoms with Crippen LogP contribution in [0, 0.1) is 10.1 Å². The molecule has 1 aliphatic rings. The van der Waals surface area contributed by atoms with Gasteiger partial charge >= 0.3 is 11.9 Å². The van der Waals surface area contributed by atoms with Crippen molar-refractivity contribution in [1.82, 2.24) is 0 Å². The van der Waals surface area contributed by atoms with Crippen molar-refractivity contribution in [2.24, 2.45) is 5.73 Å². The molecule has 0 amide bonds. The number of ether oxygens (including phenoxy) is 1. The molecule has 2 atom stereocenters. The molecule has 1 fully saturated rings. The summed E-state index contributed by atoms with van der Waals surface area (Å²) in [6, 6.07) is 2.24. The van der Waals surface area contributed by atoms with Gasteiger partial charge in [-0.05, 0) is 37.8 Å². The summed E-state index contributed by atoms with van der Waals surface area (Å²) in [5, 5.41) is 10.9. The maximum atomic E-state index is 12.6. The molecular weight excluding hydrogens is 289 g/mol. The van der Waals surface area contributed by atoms with Crippen LogP contribution in [0.4, 0.5) is 18.9 Å². The van der Waals surface area contributed by atoms with Gasteiger partial charge in [-0.25, -0.2) is 0 Å². The fourth-order valence-electron chi connectivity index (χ4n) is 2.40. The van der Waals surface area contributed by atoms with Gasteiger partial charge in [-0.1, -0.05) is 0 Å². The van der Waals surface area contributed by atoms with Crippen LogP contribution in [0.25, 0.3) is 0 Å². The number of nitro benzene ring substituents is 1. The molecular formula is C13H15F3N2O3. The number of hydrogen-bond acceptors (Lipinski definition) is 4. The normalized spacial score (nSPS) is 22.9. The highest BCUT2D eigenvalue weighted by Crippen LogP contribution is 2.37. The van der Waals surface area contributed by atoms with Gasteiger partial charge in [0, 0.05) is 12.1 Å². The van der Waals surface area contributed by atoms with Crippen LogP contribution in [-0.2, 0) is 6.18 Å². The molecule has 0 aliphatic heterocycles. The first-order chi connectivity index (χ1) is 9.77. The predicted octanol–water partition coefficient (Wildman–Crippen LogP) is 3.26. The molecule has 0 saturated heterocycles. The lowest BCUT2D eigenvalue weighted by molar-refractivity contribution is -0.386. The van der Waals surface area contributed by atoms with E-state index < -0.39 is 22.4 Å². The van der Waals surface area contributed by atoms with Crippen LogP contribution in [0.3, 0.4) is 0 Å². The average molecular weight is 304 g/mol. The van der Waals surface area contributed by atoms with E-state index in [0.29, 0.717) is 18.9 Å². The number of halogens is 3. The van der Waals surface area contributed by atoms with Gasteiger partial charge in [0.15, 0.2) is 5.75 Å². The molecule has 2 N–H and O–H groups in total. The number of benzene rings is 1. The van der Waals surface area contributed by atoms with Crippen molar-refractivity contribution in [2.45, 2.75) is 44.0 Å². The summed E-state index contributed by atoms with van der Waals surface area (Å²) in [7, 11) is 0. The molecule has 2 unspecified atom stereocenters. The number of hydrogen-bond donors (Lipinski definition) is 1. The third kappa shape index (κ3) is 3.84. The van der Waals surface area contributed by atoms with Crippen LogP contribution in [0.1, 0.15) is 31.2 Å². The monoisotopic (exact) mass is 304 g/mol. The van der Waals surface area contributed by atoms with Gasteiger partial charge < -0.3 is 10.5 Å². The first-order valence-corrected chi connectivity index (χ1v) is 6.55. The Bertz CT molecular complexity index is 534. The Labute approximate surface area is 119 Å². The van der Waals surface area contributed by atoms with Crippen LogP contribution in [-0.4, -0.2) is 17.1 Å². The van der Waals surface area contributed by atoms with E-state index in [1.165, 1.54) is 0 Å². The summed E-state index contributed by atoms with van der Waals surface area (Å²) < 4.78 is 43.3. The molecule has 0 spiro atoms. The second kappa shape index (κ2) is 5.88. The first kappa shape index (κ1) is 15.6. The Morgan fingerprint density at radius 2 is 2.05 bits per heavy atom. The Balaban J connectivity index is 2.24. The zero-order valence-corrected chi connectivity index (χ0v) is 11.1. The number of nitrogens with two attached hydrogens (primary N) is 1. The summed E-state index contributed by atoms with van der Waals surface area (Å²) in [6.07, 6.45) is -2.01. The molecule has 2 rings (SSSR count). The van der Waals surface area contributed by atoms with Crippen LogP contribution >= 0.6 is 0 Å². The SMILES string of the molecule is NC1CCCC(Oc2ccc(C(F)(F)F)cc2[N+](=O)[O-])C1. The second-order valence-electron chi connectivity index (χ2n) is 5.10. The fourth-order valence-corrected chi connectivity index (χ4v) is 2.40. The van der Waals surface area contributed by atoms with Crippen molar-refractivity contribution < 1.29 is 22.8 Å². The minimum atomic E-state index is -4.63. The van der Waals surface area contributed by atoms with Crippen LogP contribution < -0.4 is 10.5 Å². The van der Waals surface area contributed by atoms with E-state index in [1.807, 2.05) is 0 Å². The van der Waals surface area contributed by atoms with Crippen LogP contribution in [0.15, 0.2) is 18.2 Å². The second-order valence-corrected chi connectivity index (χ2v) is 5.10. The Hall–Kier alpha value is -1.83. The first-order valence-electron chi connectivity index (χ1n) is 6.55. The zero-order valence-electron chi connectivity index (χ0n) is 11.1. The van der Waals surface area contributed by atoms with E-state index in [9.17, 15) is 23.3 Å². The summed E-state index contributed by atoms with van der Waals surface area (Å²) in [6.45, 7) is 0. The summed E-state index contributed by atoms with van der Waals surface area (Å²) in [5.41, 5.74) is 4.05. The van der Waals surface area contributed by atoms with Gasteiger partial charge in [-0.3, -0.25) is 10.1 Å². The predicted molar refractivity (Wildman–Crippen MR) is 69.0 cm³/mol. The van der Waals surface area contributed by atoms with Crippen LogP contribution in [0.5, 0.6) is 5.75 Å². The third-order valence-electron chi connectivity index (χ3n) is 3.44. The summed E-state index contributed by atoms with van der Waals surface area (Å²) in [4.78, 5) is 10.1. The minimum absolute atomic E-state index is 0.0442. The van der Waals surface area contributed by atoms with Gasteiger partial charge in [0.2, 0.25) is 0 Å². The number of nitro groups is 1. The molecule has 21 heavy (non-hydrogen) atoms. The highest BCUT2D eigenvalue weighted by atomic mass is 19.4. The molecule has 0 heterocycles. The van der Waals surface area contributed by atoms with E-state index in [1.54, 1.807) is 0 Å². The Morgan fingerprint density at radius 1 is 1.33 bits per heavy atom. The molecule has 1 aliphatic carbocycles. The molecule has 8 heteroatoms. The van der Waals surface area contributed by atoms with Crippen molar-refractivity contribution in [3.05, 3.63) is 33.9 Å². The number of alkyl halides is 3. The summed E-state index contributed by atoms with van der Waals surface area (Å²) >= 11 is 0. The average Bonchev–Trinajstić information content (AvgIpc) is 2.37. The largest absolute Gasteiger partial charge is 0.483 e. The zero-order chi connectivity index (χ0) is 15.6. The Kier molecular flexibility index (Phi) is 4.36. The molecule has 0 bridgehead atoms. The topological polar surface area (TPSA) is 78.4 Å². The van der Waals surface area contributed by atoms with E-state index in [2.05, 4.69) is 0 Å². The van der Waals surface area contributed by atoms with Gasteiger partial charge in [-0.15, -0.1) is 0 Å². The highest BCUT2D eigenvalue weighted by Gasteiger charge is 2.34. The van der Waals surface area contributed by atoms with Gasteiger partial charge in [0.05, 0.1) is 10.5 Å². The van der Waals surface area contributed by atoms with Gasteiger partial charge in [-0.2, -0.15) is 13.2 Å². The van der Waals surface area contributed by atoms with Gasteiger partial charge in [0.25, 0.3) is 0 Å². The lowest BCUT2D eigenvalue weighted by atomic mass is 9.93. The molecule has 116 valence electrons. The summed E-state index contributed by atoms with van der Waals surface area (Å²) in [5.74, 6) is -0.146. The fraction of sp³-hybridized carbons (Fsp3) is 0.538. The van der Waals surface area contributed by atoms with Crippen molar-refractivity contribution in [2.75, 3.05) is 0 Å². The molecule has 0 radical (unpaired) electrons. The maximum Gasteiger partial charge on any atom is 0.416 e. The van der Waals surface area contributed by atoms with Crippen molar-refractivity contribution in [3.63, 3.8) is 0 Å². The maximum absolute atomic E-state index is 12.6. The molecule has 5 nitrogen and oxygen atoms in total. The smallest absolute Gasteiger partial charge is 0.416 e. The van der Waals surface area contributed by atoms with E-state index in [4.69, 9.17) is 10.5 Å². The lowest BCUT2D eigenvalue weighted by Gasteiger charge is -2.27. The number of nitrogens with zero attached hydrogens (tertiary/aromatic N) is 1. The van der Waals surface area contributed by atoms with E-state index in [0.717, 1.165) is 25.0 Å². The number of rotatable bonds is 3. The molecule has 1 saturated carbocycles. The van der Waals surface area contributed by atoms with Crippen LogP contribution in [0.2, 0.25) is 0 Å². The van der Waals surface area contributed by atoms with Gasteiger partial charge in [0.1, 0.15) is 6.10 Å². The lowest BCUT2D eigenvalue weighted by Crippen LogP contribution is -2.33. The molecule has 0 aromatic heterocycles. The van der Waals surface area contributed by atoms with Crippen molar-refractivity contribution >= 4 is 5.69 Å². The van der Waals surface area contributed by atoms with E-state index >= 15 is 0 Å².